The van der Waals surface area contributed by atoms with E-state index in [0.29, 0.717) is 16.8 Å². The maximum Gasteiger partial charge on any atom is 0.328 e. The van der Waals surface area contributed by atoms with Gasteiger partial charge >= 0.3 is 5.97 Å². The molecule has 1 aromatic heterocycles. The van der Waals surface area contributed by atoms with Crippen LogP contribution in [-0.4, -0.2) is 22.0 Å². The van der Waals surface area contributed by atoms with E-state index in [1.54, 1.807) is 12.1 Å². The quantitative estimate of drug-likeness (QED) is 0.845. The standard InChI is InChI=1S/C16H14N2O3/c1-11-3-2-4-14(7-11)18-16(21)13-8-12(9-17-10-13)5-6-15(19)20/h2-10H,1H3,(H,18,21)(H,19,20). The van der Waals surface area contributed by atoms with Gasteiger partial charge in [0.15, 0.2) is 0 Å². The van der Waals surface area contributed by atoms with Crippen molar-refractivity contribution >= 4 is 23.6 Å². The molecule has 2 aromatic rings. The van der Waals surface area contributed by atoms with E-state index in [1.165, 1.54) is 18.5 Å². The fraction of sp³-hybridized carbons (Fsp3) is 0.0625. The number of carboxylic acids is 1. The van der Waals surface area contributed by atoms with Gasteiger partial charge in [-0.15, -0.1) is 0 Å². The summed E-state index contributed by atoms with van der Waals surface area (Å²) >= 11 is 0. The van der Waals surface area contributed by atoms with Crippen molar-refractivity contribution in [2.24, 2.45) is 0 Å². The molecule has 0 unspecified atom stereocenters. The van der Waals surface area contributed by atoms with Crippen LogP contribution < -0.4 is 5.32 Å². The summed E-state index contributed by atoms with van der Waals surface area (Å²) in [7, 11) is 0. The molecule has 2 rings (SSSR count). The van der Waals surface area contributed by atoms with Crippen LogP contribution in [-0.2, 0) is 4.79 Å². The van der Waals surface area contributed by atoms with Crippen molar-refractivity contribution in [2.75, 3.05) is 5.32 Å². The molecule has 1 heterocycles. The molecular weight excluding hydrogens is 268 g/mol. The fourth-order valence-electron chi connectivity index (χ4n) is 1.77. The minimum Gasteiger partial charge on any atom is -0.478 e. The summed E-state index contributed by atoms with van der Waals surface area (Å²) in [6, 6.07) is 9.04. The van der Waals surface area contributed by atoms with Crippen molar-refractivity contribution < 1.29 is 14.7 Å². The third kappa shape index (κ3) is 4.28. The number of aryl methyl sites for hydroxylation is 1. The van der Waals surface area contributed by atoms with Crippen LogP contribution in [0.1, 0.15) is 21.5 Å². The molecule has 0 saturated carbocycles. The number of aliphatic carboxylic acids is 1. The SMILES string of the molecule is Cc1cccc(NC(=O)c2cncc(C=CC(=O)O)c2)c1. The number of rotatable bonds is 4. The van der Waals surface area contributed by atoms with Crippen LogP contribution in [0.4, 0.5) is 5.69 Å². The number of anilines is 1. The van der Waals surface area contributed by atoms with Crippen LogP contribution in [0.15, 0.2) is 48.8 Å². The molecular formula is C16H14N2O3. The van der Waals surface area contributed by atoms with Crippen molar-refractivity contribution in [3.63, 3.8) is 0 Å². The predicted molar refractivity (Wildman–Crippen MR) is 80.0 cm³/mol. The van der Waals surface area contributed by atoms with E-state index in [0.717, 1.165) is 11.6 Å². The maximum atomic E-state index is 12.1. The normalized spacial score (nSPS) is 10.5. The first kappa shape index (κ1) is 14.5. The lowest BCUT2D eigenvalue weighted by Crippen LogP contribution is -2.12. The molecule has 0 spiro atoms. The number of hydrogen-bond donors (Lipinski definition) is 2. The molecule has 2 N–H and O–H groups in total. The van der Waals surface area contributed by atoms with Gasteiger partial charge in [-0.1, -0.05) is 12.1 Å². The van der Waals surface area contributed by atoms with Crippen molar-refractivity contribution in [3.8, 4) is 0 Å². The Bertz CT molecular complexity index is 708. The Morgan fingerprint density at radius 1 is 1.24 bits per heavy atom. The zero-order chi connectivity index (χ0) is 15.2. The molecule has 0 aliphatic heterocycles. The summed E-state index contributed by atoms with van der Waals surface area (Å²) in [6.45, 7) is 1.94. The van der Waals surface area contributed by atoms with Gasteiger partial charge < -0.3 is 10.4 Å². The monoisotopic (exact) mass is 282 g/mol. The molecule has 0 radical (unpaired) electrons. The summed E-state index contributed by atoms with van der Waals surface area (Å²) in [5, 5.41) is 11.4. The second kappa shape index (κ2) is 6.47. The van der Waals surface area contributed by atoms with Crippen LogP contribution in [0.3, 0.4) is 0 Å². The number of carboxylic acid groups (broad SMARTS) is 1. The highest BCUT2D eigenvalue weighted by molar-refractivity contribution is 6.04. The zero-order valence-electron chi connectivity index (χ0n) is 11.4. The lowest BCUT2D eigenvalue weighted by atomic mass is 10.1. The smallest absolute Gasteiger partial charge is 0.328 e. The zero-order valence-corrected chi connectivity index (χ0v) is 11.4. The van der Waals surface area contributed by atoms with Crippen molar-refractivity contribution in [1.82, 2.24) is 4.98 Å². The summed E-state index contributed by atoms with van der Waals surface area (Å²) in [5.74, 6) is -1.34. The Labute approximate surface area is 122 Å². The number of nitrogens with one attached hydrogen (secondary N) is 1. The lowest BCUT2D eigenvalue weighted by Gasteiger charge is -2.06. The number of carbonyl (C=O) groups is 2. The molecule has 106 valence electrons. The molecule has 0 bridgehead atoms. The Morgan fingerprint density at radius 3 is 2.76 bits per heavy atom. The van der Waals surface area contributed by atoms with Gasteiger partial charge in [0, 0.05) is 24.2 Å². The van der Waals surface area contributed by atoms with E-state index in [-0.39, 0.29) is 5.91 Å². The first-order valence-electron chi connectivity index (χ1n) is 6.29. The highest BCUT2D eigenvalue weighted by Gasteiger charge is 2.07. The molecule has 0 saturated heterocycles. The summed E-state index contributed by atoms with van der Waals surface area (Å²) in [6.07, 6.45) is 5.31. The van der Waals surface area contributed by atoms with E-state index in [2.05, 4.69) is 10.3 Å². The minimum atomic E-state index is -1.05. The highest BCUT2D eigenvalue weighted by atomic mass is 16.4. The van der Waals surface area contributed by atoms with E-state index in [4.69, 9.17) is 5.11 Å². The second-order valence-corrected chi connectivity index (χ2v) is 4.50. The third-order valence-electron chi connectivity index (χ3n) is 2.72. The molecule has 5 nitrogen and oxygen atoms in total. The number of benzene rings is 1. The van der Waals surface area contributed by atoms with Crippen molar-refractivity contribution in [1.29, 1.82) is 0 Å². The number of carbonyl (C=O) groups excluding carboxylic acids is 1. The molecule has 0 aliphatic carbocycles. The highest BCUT2D eigenvalue weighted by Crippen LogP contribution is 2.12. The number of aromatic nitrogens is 1. The number of hydrogen-bond acceptors (Lipinski definition) is 3. The number of pyridine rings is 1. The van der Waals surface area contributed by atoms with Gasteiger partial charge in [-0.05, 0) is 42.3 Å². The Hall–Kier alpha value is -2.95. The second-order valence-electron chi connectivity index (χ2n) is 4.50. The summed E-state index contributed by atoms with van der Waals surface area (Å²) in [4.78, 5) is 26.5. The van der Waals surface area contributed by atoms with Crippen LogP contribution in [0.2, 0.25) is 0 Å². The van der Waals surface area contributed by atoms with Gasteiger partial charge in [0.2, 0.25) is 0 Å². The van der Waals surface area contributed by atoms with Gasteiger partial charge in [-0.2, -0.15) is 0 Å². The van der Waals surface area contributed by atoms with Crippen LogP contribution >= 0.6 is 0 Å². The van der Waals surface area contributed by atoms with Gasteiger partial charge in [0.25, 0.3) is 5.91 Å². The number of amides is 1. The third-order valence-corrected chi connectivity index (χ3v) is 2.72. The fourth-order valence-corrected chi connectivity index (χ4v) is 1.77. The molecule has 0 fully saturated rings. The van der Waals surface area contributed by atoms with Crippen molar-refractivity contribution in [2.45, 2.75) is 6.92 Å². The first-order chi connectivity index (χ1) is 10.0. The largest absolute Gasteiger partial charge is 0.478 e. The molecule has 1 amide bonds. The van der Waals surface area contributed by atoms with E-state index in [9.17, 15) is 9.59 Å². The van der Waals surface area contributed by atoms with E-state index in [1.807, 2.05) is 25.1 Å². The van der Waals surface area contributed by atoms with Crippen LogP contribution in [0.5, 0.6) is 0 Å². The minimum absolute atomic E-state index is 0.293. The van der Waals surface area contributed by atoms with E-state index < -0.39 is 5.97 Å². The maximum absolute atomic E-state index is 12.1. The summed E-state index contributed by atoms with van der Waals surface area (Å²) < 4.78 is 0. The molecule has 5 heteroatoms. The van der Waals surface area contributed by atoms with Gasteiger partial charge in [0.1, 0.15) is 0 Å². The molecule has 21 heavy (non-hydrogen) atoms. The van der Waals surface area contributed by atoms with Crippen LogP contribution in [0.25, 0.3) is 6.08 Å². The molecule has 0 atom stereocenters. The molecule has 0 aliphatic rings. The molecule has 1 aromatic carbocycles. The average molecular weight is 282 g/mol. The van der Waals surface area contributed by atoms with Crippen molar-refractivity contribution in [3.05, 3.63) is 65.5 Å². The topological polar surface area (TPSA) is 79.3 Å². The first-order valence-corrected chi connectivity index (χ1v) is 6.29. The average Bonchev–Trinajstić information content (AvgIpc) is 2.45. The van der Waals surface area contributed by atoms with E-state index >= 15 is 0 Å². The summed E-state index contributed by atoms with van der Waals surface area (Å²) in [5.41, 5.74) is 2.66. The van der Waals surface area contributed by atoms with Gasteiger partial charge in [0.05, 0.1) is 5.56 Å². The van der Waals surface area contributed by atoms with Gasteiger partial charge in [-0.25, -0.2) is 4.79 Å². The predicted octanol–water partition coefficient (Wildman–Crippen LogP) is 2.74. The van der Waals surface area contributed by atoms with Gasteiger partial charge in [-0.3, -0.25) is 9.78 Å². The Kier molecular flexibility index (Phi) is 4.46. The lowest BCUT2D eigenvalue weighted by molar-refractivity contribution is -0.131. The number of nitrogens with zero attached hydrogens (tertiary/aromatic N) is 1. The van der Waals surface area contributed by atoms with Crippen LogP contribution in [0, 0.1) is 6.92 Å². The Morgan fingerprint density at radius 2 is 2.05 bits per heavy atom. The Balaban J connectivity index is 2.16.